The summed E-state index contributed by atoms with van der Waals surface area (Å²) in [5, 5.41) is 4.05. The number of likely N-dealkylation sites (N-methyl/N-ethyl adjacent to an activating group) is 1. The maximum Gasteiger partial charge on any atom is 0.277 e. The van der Waals surface area contributed by atoms with Gasteiger partial charge in [0.2, 0.25) is 5.89 Å². The van der Waals surface area contributed by atoms with E-state index in [0.717, 1.165) is 84.7 Å². The maximum atomic E-state index is 13.3. The number of rotatable bonds is 5. The third-order valence-electron chi connectivity index (χ3n) is 6.91. The molecule has 6 heterocycles. The Kier molecular flexibility index (Phi) is 7.78. The minimum Gasteiger partial charge on any atom is -0.444 e. The van der Waals surface area contributed by atoms with E-state index in [0.29, 0.717) is 11.6 Å². The lowest BCUT2D eigenvalue weighted by molar-refractivity contribution is 0.102. The molecule has 0 aromatic carbocycles. The second kappa shape index (κ2) is 11.2. The van der Waals surface area contributed by atoms with Gasteiger partial charge in [0.1, 0.15) is 6.26 Å². The second-order valence-electron chi connectivity index (χ2n) is 9.69. The average molecular weight is 555 g/mol. The molecule has 10 nitrogen and oxygen atoms in total. The lowest BCUT2D eigenvalue weighted by Crippen LogP contribution is -2.44. The van der Waals surface area contributed by atoms with E-state index in [9.17, 15) is 4.79 Å². The highest BCUT2D eigenvalue weighted by Gasteiger charge is 2.24. The molecule has 0 bridgehead atoms. The van der Waals surface area contributed by atoms with Crippen LogP contribution in [0.3, 0.4) is 0 Å². The number of pyridine rings is 2. The summed E-state index contributed by atoms with van der Waals surface area (Å²) in [5.41, 5.74) is 3.26. The first-order valence-electron chi connectivity index (χ1n) is 12.7. The van der Waals surface area contributed by atoms with Gasteiger partial charge in [0.25, 0.3) is 5.91 Å². The topological polar surface area (TPSA) is 104 Å². The van der Waals surface area contributed by atoms with Crippen LogP contribution in [0.4, 0.5) is 16.6 Å². The zero-order valence-electron chi connectivity index (χ0n) is 21.5. The van der Waals surface area contributed by atoms with Gasteiger partial charge in [-0.2, -0.15) is 4.98 Å². The van der Waals surface area contributed by atoms with Gasteiger partial charge in [-0.25, -0.2) is 9.97 Å². The van der Waals surface area contributed by atoms with Crippen LogP contribution in [0.1, 0.15) is 35.4 Å². The van der Waals surface area contributed by atoms with Gasteiger partial charge < -0.3 is 24.4 Å². The molecule has 2 aliphatic rings. The molecule has 4 aromatic rings. The highest BCUT2D eigenvalue weighted by Crippen LogP contribution is 2.36. The van der Waals surface area contributed by atoms with Crippen LogP contribution in [-0.4, -0.2) is 77.1 Å². The van der Waals surface area contributed by atoms with Crippen LogP contribution in [0.15, 0.2) is 35.1 Å². The third kappa shape index (κ3) is 5.45. The molecule has 0 saturated carbocycles. The summed E-state index contributed by atoms with van der Waals surface area (Å²) < 4.78 is 6.57. The molecule has 6 rings (SSSR count). The van der Waals surface area contributed by atoms with E-state index < -0.39 is 0 Å². The molecule has 1 amide bonds. The maximum absolute atomic E-state index is 13.3. The fourth-order valence-electron chi connectivity index (χ4n) is 4.79. The number of halogens is 1. The third-order valence-corrected chi connectivity index (χ3v) is 7.96. The molecular weight excluding hydrogens is 524 g/mol. The molecule has 38 heavy (non-hydrogen) atoms. The molecular formula is C26H31ClN8O2S. The Morgan fingerprint density at radius 3 is 2.55 bits per heavy atom. The van der Waals surface area contributed by atoms with Crippen molar-refractivity contribution in [1.29, 1.82) is 0 Å². The first kappa shape index (κ1) is 26.3. The molecule has 0 radical (unpaired) electrons. The highest BCUT2D eigenvalue weighted by molar-refractivity contribution is 7.22. The van der Waals surface area contributed by atoms with Crippen LogP contribution in [-0.2, 0) is 0 Å². The summed E-state index contributed by atoms with van der Waals surface area (Å²) >= 11 is 1.62. The van der Waals surface area contributed by atoms with Crippen molar-refractivity contribution < 1.29 is 9.21 Å². The van der Waals surface area contributed by atoms with E-state index in [4.69, 9.17) is 14.4 Å². The minimum absolute atomic E-state index is 0. The van der Waals surface area contributed by atoms with E-state index in [2.05, 4.69) is 37.0 Å². The minimum atomic E-state index is -0.330. The van der Waals surface area contributed by atoms with Crippen molar-refractivity contribution in [3.8, 4) is 11.5 Å². The van der Waals surface area contributed by atoms with Crippen molar-refractivity contribution in [1.82, 2.24) is 24.8 Å². The molecule has 0 spiro atoms. The standard InChI is InChI=1S/C26H30N8O2S.ClH/c1-17-14-18(6-7-27-17)25-29-20(16-36-25)24(35)28-19-15-21-22(30-23(19)33-8-4-3-5-9-33)31-26(37-21)34-12-10-32(2)11-13-34;/h6-7,14-16H,3-5,8-13H2,1-2H3,(H,28,35);1H. The molecule has 0 atom stereocenters. The van der Waals surface area contributed by atoms with Gasteiger partial charge in [-0.1, -0.05) is 11.3 Å². The normalized spacial score (nSPS) is 16.5. The number of fused-ring (bicyclic) bond motifs is 1. The first-order chi connectivity index (χ1) is 18.0. The number of hydrogen-bond donors (Lipinski definition) is 1. The Morgan fingerprint density at radius 1 is 1.00 bits per heavy atom. The van der Waals surface area contributed by atoms with Crippen LogP contribution in [0.25, 0.3) is 21.8 Å². The Bertz CT molecular complexity index is 1430. The van der Waals surface area contributed by atoms with Crippen LogP contribution in [0.5, 0.6) is 0 Å². The van der Waals surface area contributed by atoms with Crippen molar-refractivity contribution in [2.24, 2.45) is 0 Å². The van der Waals surface area contributed by atoms with E-state index in [1.165, 1.54) is 12.7 Å². The Labute approximate surface area is 231 Å². The molecule has 12 heteroatoms. The van der Waals surface area contributed by atoms with Crippen LogP contribution in [0, 0.1) is 6.92 Å². The number of aromatic nitrogens is 4. The first-order valence-corrected chi connectivity index (χ1v) is 13.5. The lowest BCUT2D eigenvalue weighted by Gasteiger charge is -2.31. The van der Waals surface area contributed by atoms with Gasteiger partial charge in [-0.15, -0.1) is 12.4 Å². The average Bonchev–Trinajstić information content (AvgIpc) is 3.57. The number of carbonyl (C=O) groups excluding carboxylic acids is 1. The molecule has 2 aliphatic heterocycles. The number of piperazine rings is 1. The molecule has 4 aromatic heterocycles. The molecule has 200 valence electrons. The predicted molar refractivity (Wildman–Crippen MR) is 153 cm³/mol. The summed E-state index contributed by atoms with van der Waals surface area (Å²) in [6.07, 6.45) is 6.52. The molecule has 1 N–H and O–H groups in total. The van der Waals surface area contributed by atoms with E-state index in [1.807, 2.05) is 25.1 Å². The van der Waals surface area contributed by atoms with Gasteiger partial charge in [0.15, 0.2) is 22.3 Å². The van der Waals surface area contributed by atoms with Gasteiger partial charge >= 0.3 is 0 Å². The number of nitrogens with zero attached hydrogens (tertiary/aromatic N) is 7. The summed E-state index contributed by atoms with van der Waals surface area (Å²) in [5.74, 6) is 0.827. The van der Waals surface area contributed by atoms with Gasteiger partial charge in [0.05, 0.1) is 10.4 Å². The lowest BCUT2D eigenvalue weighted by atomic mass is 10.1. The van der Waals surface area contributed by atoms with Gasteiger partial charge in [-0.3, -0.25) is 9.78 Å². The smallest absolute Gasteiger partial charge is 0.277 e. The summed E-state index contributed by atoms with van der Waals surface area (Å²) in [6, 6.07) is 5.70. The predicted octanol–water partition coefficient (Wildman–Crippen LogP) is 4.47. The van der Waals surface area contributed by atoms with E-state index in [1.54, 1.807) is 17.5 Å². The number of hydrogen-bond acceptors (Lipinski definition) is 10. The highest BCUT2D eigenvalue weighted by atomic mass is 35.5. The number of aryl methyl sites for hydroxylation is 1. The monoisotopic (exact) mass is 554 g/mol. The van der Waals surface area contributed by atoms with Gasteiger partial charge in [0, 0.05) is 56.7 Å². The number of carbonyl (C=O) groups is 1. The Hall–Kier alpha value is -3.28. The molecule has 2 saturated heterocycles. The van der Waals surface area contributed by atoms with E-state index >= 15 is 0 Å². The summed E-state index contributed by atoms with van der Waals surface area (Å²) in [6.45, 7) is 7.65. The Balaban J connectivity index is 0.00000294. The largest absolute Gasteiger partial charge is 0.444 e. The van der Waals surface area contributed by atoms with Crippen molar-refractivity contribution >= 4 is 56.6 Å². The SMILES string of the molecule is Cc1cc(-c2nc(C(=O)Nc3cc4sc(N5CCN(C)CC5)nc4nc3N3CCCCC3)co2)ccn1.Cl. The summed E-state index contributed by atoms with van der Waals surface area (Å²) in [7, 11) is 2.15. The molecule has 0 unspecified atom stereocenters. The number of thiazole rings is 1. The summed E-state index contributed by atoms with van der Waals surface area (Å²) in [4.78, 5) is 38.6. The van der Waals surface area contributed by atoms with Gasteiger partial charge in [-0.05, 0) is 51.4 Å². The zero-order valence-corrected chi connectivity index (χ0v) is 23.1. The van der Waals surface area contributed by atoms with Crippen molar-refractivity contribution in [3.05, 3.63) is 42.0 Å². The molecule has 2 fully saturated rings. The fraction of sp³-hybridized carbons (Fsp3) is 0.423. The number of amides is 1. The molecule has 0 aliphatic carbocycles. The van der Waals surface area contributed by atoms with Crippen molar-refractivity contribution in [2.75, 3.05) is 61.4 Å². The second-order valence-corrected chi connectivity index (χ2v) is 10.7. The number of anilines is 3. The van der Waals surface area contributed by atoms with E-state index in [-0.39, 0.29) is 24.0 Å². The van der Waals surface area contributed by atoms with Crippen LogP contribution in [0.2, 0.25) is 0 Å². The van der Waals surface area contributed by atoms with Crippen LogP contribution < -0.4 is 15.1 Å². The Morgan fingerprint density at radius 2 is 1.79 bits per heavy atom. The zero-order chi connectivity index (χ0) is 25.4. The van der Waals surface area contributed by atoms with Crippen molar-refractivity contribution in [3.63, 3.8) is 0 Å². The van der Waals surface area contributed by atoms with Crippen molar-refractivity contribution in [2.45, 2.75) is 26.2 Å². The quantitative estimate of drug-likeness (QED) is 0.382. The fourth-order valence-corrected chi connectivity index (χ4v) is 5.79. The number of oxazole rings is 1. The number of piperidine rings is 1. The van der Waals surface area contributed by atoms with Crippen LogP contribution >= 0.6 is 23.7 Å². The number of nitrogens with one attached hydrogen (secondary N) is 1.